The van der Waals surface area contributed by atoms with E-state index < -0.39 is 11.9 Å². The fraction of sp³-hybridized carbons (Fsp3) is 0.520. The first-order valence-corrected chi connectivity index (χ1v) is 13.3. The molecule has 1 saturated heterocycles. The molecular weight excluding hydrogens is 503 g/mol. The summed E-state index contributed by atoms with van der Waals surface area (Å²) in [7, 11) is 1.55. The fourth-order valence-corrected chi connectivity index (χ4v) is 6.39. The zero-order chi connectivity index (χ0) is 26.3. The molecule has 5 rings (SSSR count). The Bertz CT molecular complexity index is 1380. The third kappa shape index (κ3) is 4.84. The Morgan fingerprint density at radius 3 is 2.65 bits per heavy atom. The largest absolute Gasteiger partial charge is 0.493 e. The Hall–Kier alpha value is -2.99. The number of likely N-dealkylation sites (tertiary alicyclic amines) is 1. The summed E-state index contributed by atoms with van der Waals surface area (Å²) in [6.45, 7) is 8.70. The van der Waals surface area contributed by atoms with Crippen molar-refractivity contribution in [1.29, 1.82) is 0 Å². The number of aromatic nitrogens is 6. The normalized spacial score (nSPS) is 15.8. The van der Waals surface area contributed by atoms with E-state index in [9.17, 15) is 13.2 Å². The molecule has 1 N–H and O–H groups in total. The maximum absolute atomic E-state index is 14.1. The first-order valence-electron chi connectivity index (χ1n) is 12.5. The molecule has 0 bridgehead atoms. The summed E-state index contributed by atoms with van der Waals surface area (Å²) in [4.78, 5) is 11.0. The summed E-state index contributed by atoms with van der Waals surface area (Å²) in [5, 5.41) is 12.1. The van der Waals surface area contributed by atoms with Crippen molar-refractivity contribution < 1.29 is 17.9 Å². The highest BCUT2D eigenvalue weighted by Gasteiger charge is 2.41. The minimum Gasteiger partial charge on any atom is -0.493 e. The highest BCUT2D eigenvalue weighted by Crippen LogP contribution is 2.46. The molecule has 5 heterocycles. The summed E-state index contributed by atoms with van der Waals surface area (Å²) >= 11 is 1.14. The number of halogens is 3. The number of aromatic amines is 1. The molecule has 1 aliphatic rings. The van der Waals surface area contributed by atoms with Gasteiger partial charge in [0, 0.05) is 22.2 Å². The van der Waals surface area contributed by atoms with Crippen molar-refractivity contribution in [2.75, 3.05) is 26.7 Å². The highest BCUT2D eigenvalue weighted by molar-refractivity contribution is 7.15. The molecule has 1 aliphatic heterocycles. The number of nitrogens with zero attached hydrogens (tertiary/aromatic N) is 6. The van der Waals surface area contributed by atoms with Crippen LogP contribution in [0.3, 0.4) is 0 Å². The van der Waals surface area contributed by atoms with Crippen molar-refractivity contribution in [2.45, 2.75) is 58.0 Å². The number of hydrogen-bond donors (Lipinski definition) is 1. The zero-order valence-electron chi connectivity index (χ0n) is 21.3. The lowest BCUT2D eigenvalue weighted by molar-refractivity contribution is -0.141. The second kappa shape index (κ2) is 10.1. The number of ether oxygens (including phenoxy) is 1. The number of methoxy groups -OCH3 is 1. The second-order valence-electron chi connectivity index (χ2n) is 9.69. The van der Waals surface area contributed by atoms with E-state index in [1.165, 1.54) is 6.33 Å². The molecule has 0 aromatic carbocycles. The van der Waals surface area contributed by atoms with Gasteiger partial charge in [-0.25, -0.2) is 14.5 Å². The van der Waals surface area contributed by atoms with Gasteiger partial charge in [0.2, 0.25) is 0 Å². The van der Waals surface area contributed by atoms with Crippen LogP contribution in [0.5, 0.6) is 5.75 Å². The molecule has 12 heteroatoms. The van der Waals surface area contributed by atoms with Gasteiger partial charge < -0.3 is 9.64 Å². The van der Waals surface area contributed by atoms with Crippen molar-refractivity contribution in [3.8, 4) is 27.7 Å². The van der Waals surface area contributed by atoms with E-state index in [1.807, 2.05) is 19.9 Å². The van der Waals surface area contributed by atoms with Crippen molar-refractivity contribution in [3.63, 3.8) is 0 Å². The molecule has 4 aromatic rings. The maximum atomic E-state index is 14.1. The van der Waals surface area contributed by atoms with Crippen LogP contribution in [-0.2, 0) is 6.18 Å². The predicted octanol–water partition coefficient (Wildman–Crippen LogP) is 5.98. The minimum absolute atomic E-state index is 0.0276. The van der Waals surface area contributed by atoms with Crippen LogP contribution in [0.1, 0.15) is 68.0 Å². The molecule has 0 unspecified atom stereocenters. The number of thiazole rings is 1. The van der Waals surface area contributed by atoms with E-state index in [2.05, 4.69) is 37.1 Å². The van der Waals surface area contributed by atoms with E-state index in [0.29, 0.717) is 45.5 Å². The first kappa shape index (κ1) is 25.7. The summed E-state index contributed by atoms with van der Waals surface area (Å²) in [5.41, 5.74) is 2.47. The predicted molar refractivity (Wildman–Crippen MR) is 136 cm³/mol. The summed E-state index contributed by atoms with van der Waals surface area (Å²) in [6.07, 6.45) is 1.15. The molecule has 4 aromatic heterocycles. The third-order valence-corrected chi connectivity index (χ3v) is 8.09. The highest BCUT2D eigenvalue weighted by atomic mass is 32.1. The molecule has 198 valence electrons. The topological polar surface area (TPSA) is 84.2 Å². The van der Waals surface area contributed by atoms with Crippen molar-refractivity contribution in [3.05, 3.63) is 34.7 Å². The van der Waals surface area contributed by atoms with E-state index in [4.69, 9.17) is 4.74 Å². The van der Waals surface area contributed by atoms with Gasteiger partial charge >= 0.3 is 6.18 Å². The lowest BCUT2D eigenvalue weighted by Gasteiger charge is -2.31. The van der Waals surface area contributed by atoms with E-state index in [1.54, 1.807) is 17.8 Å². The van der Waals surface area contributed by atoms with Gasteiger partial charge in [0.15, 0.2) is 17.1 Å². The Morgan fingerprint density at radius 2 is 2.00 bits per heavy atom. The van der Waals surface area contributed by atoms with Crippen LogP contribution >= 0.6 is 11.3 Å². The second-order valence-corrected chi connectivity index (χ2v) is 10.7. The van der Waals surface area contributed by atoms with Crippen LogP contribution in [0.2, 0.25) is 0 Å². The Morgan fingerprint density at radius 1 is 1.24 bits per heavy atom. The number of rotatable bonds is 7. The Labute approximate surface area is 216 Å². The van der Waals surface area contributed by atoms with E-state index >= 15 is 0 Å². The van der Waals surface area contributed by atoms with Crippen LogP contribution < -0.4 is 4.74 Å². The smallest absolute Gasteiger partial charge is 0.434 e. The first-order chi connectivity index (χ1) is 17.7. The van der Waals surface area contributed by atoms with Gasteiger partial charge in [-0.3, -0.25) is 5.10 Å². The molecule has 8 nitrogen and oxygen atoms in total. The molecule has 0 atom stereocenters. The van der Waals surface area contributed by atoms with Gasteiger partial charge in [-0.2, -0.15) is 23.4 Å². The van der Waals surface area contributed by atoms with E-state index in [0.717, 1.165) is 48.5 Å². The quantitative estimate of drug-likeness (QED) is 0.315. The monoisotopic (exact) mass is 533 g/mol. The third-order valence-electron chi connectivity index (χ3n) is 6.85. The molecule has 0 saturated carbocycles. The van der Waals surface area contributed by atoms with Crippen LogP contribution in [0.25, 0.3) is 27.6 Å². The summed E-state index contributed by atoms with van der Waals surface area (Å²) in [5.74, 6) is 0.347. The van der Waals surface area contributed by atoms with Crippen LogP contribution in [0.4, 0.5) is 13.2 Å². The van der Waals surface area contributed by atoms with Gasteiger partial charge in [0.1, 0.15) is 11.3 Å². The SMILES string of the molecule is CCCN1CCC(c2sc(-c3[nH]nc(-c4cc(OC)c5ncnn5c4)c3C(C)C)nc2C(F)(F)F)CC1. The number of piperidine rings is 1. The Balaban J connectivity index is 1.57. The molecule has 0 radical (unpaired) electrons. The molecular formula is C25H30F3N7OS. The van der Waals surface area contributed by atoms with Gasteiger partial charge in [0.05, 0.1) is 18.5 Å². The van der Waals surface area contributed by atoms with Crippen molar-refractivity contribution in [1.82, 2.24) is 34.7 Å². The number of hydrogen-bond acceptors (Lipinski definition) is 7. The summed E-state index contributed by atoms with van der Waals surface area (Å²) < 4.78 is 49.5. The standard InChI is InChI=1S/C25H30F3N7OS/c1-5-8-34-9-6-15(7-10-34)21-22(25(26,27)28)31-24(37-21)20-18(14(2)3)19(32-33-20)16-11-17(36-4)23-29-13-30-35(23)12-16/h11-15H,5-10H2,1-4H3,(H,32,33). The number of alkyl halides is 3. The van der Waals surface area contributed by atoms with E-state index in [-0.39, 0.29) is 11.8 Å². The summed E-state index contributed by atoms with van der Waals surface area (Å²) in [6, 6.07) is 1.81. The van der Waals surface area contributed by atoms with Gasteiger partial charge in [0.25, 0.3) is 0 Å². The molecule has 0 amide bonds. The average Bonchev–Trinajstić information content (AvgIpc) is 3.61. The minimum atomic E-state index is -4.52. The number of nitrogens with one attached hydrogen (secondary N) is 1. The van der Waals surface area contributed by atoms with Gasteiger partial charge in [-0.1, -0.05) is 20.8 Å². The molecule has 0 aliphatic carbocycles. The fourth-order valence-electron chi connectivity index (χ4n) is 5.12. The number of pyridine rings is 1. The number of fused-ring (bicyclic) bond motifs is 1. The van der Waals surface area contributed by atoms with Gasteiger partial charge in [-0.05, 0) is 56.8 Å². The maximum Gasteiger partial charge on any atom is 0.434 e. The van der Waals surface area contributed by atoms with Crippen molar-refractivity contribution in [2.24, 2.45) is 0 Å². The van der Waals surface area contributed by atoms with Crippen molar-refractivity contribution >= 4 is 17.0 Å². The molecule has 37 heavy (non-hydrogen) atoms. The van der Waals surface area contributed by atoms with Crippen LogP contribution in [0.15, 0.2) is 18.6 Å². The Kier molecular flexibility index (Phi) is 6.97. The van der Waals surface area contributed by atoms with Crippen LogP contribution in [-0.4, -0.2) is 61.4 Å². The number of H-pyrrole nitrogens is 1. The molecule has 1 fully saturated rings. The lowest BCUT2D eigenvalue weighted by atomic mass is 9.94. The van der Waals surface area contributed by atoms with Gasteiger partial charge in [-0.15, -0.1) is 11.3 Å². The zero-order valence-corrected chi connectivity index (χ0v) is 22.1. The molecule has 0 spiro atoms. The van der Waals surface area contributed by atoms with Crippen LogP contribution in [0, 0.1) is 0 Å². The average molecular weight is 534 g/mol. The lowest BCUT2D eigenvalue weighted by Crippen LogP contribution is -2.33.